The van der Waals surface area contributed by atoms with Gasteiger partial charge >= 0.3 is 0 Å². The van der Waals surface area contributed by atoms with E-state index in [0.717, 1.165) is 34.8 Å². The number of allylic oxidation sites excluding steroid dienone is 1. The number of aliphatic hydroxyl groups excluding tert-OH is 1. The number of rotatable bonds is 6. The molecule has 5 saturated carbocycles. The summed E-state index contributed by atoms with van der Waals surface area (Å²) in [6, 6.07) is 0. The summed E-state index contributed by atoms with van der Waals surface area (Å²) in [6.45, 7) is 17.7. The average Bonchev–Trinajstić information content (AvgIpc) is 3.24. The fourth-order valence-electron chi connectivity index (χ4n) is 10.4. The minimum atomic E-state index is -0.302. The van der Waals surface area contributed by atoms with Gasteiger partial charge in [0.2, 0.25) is 0 Å². The van der Waals surface area contributed by atoms with Crippen molar-refractivity contribution in [1.29, 1.82) is 0 Å². The minimum absolute atomic E-state index is 0.302. The van der Waals surface area contributed by atoms with E-state index in [4.69, 9.17) is 4.74 Å². The van der Waals surface area contributed by atoms with Crippen LogP contribution in [0.2, 0.25) is 0 Å². The molecule has 5 aliphatic rings. The van der Waals surface area contributed by atoms with Crippen molar-refractivity contribution in [3.63, 3.8) is 0 Å². The van der Waals surface area contributed by atoms with Crippen LogP contribution in [0.1, 0.15) is 85.5 Å². The Hall–Kier alpha value is -0.600. The molecule has 174 valence electrons. The normalized spacial score (nSPS) is 51.8. The zero-order valence-electron chi connectivity index (χ0n) is 20.8. The largest absolute Gasteiger partial charge is 0.392 e. The Bertz CT molecular complexity index is 771. The molecule has 5 rings (SSSR count). The SMILES string of the molecule is C=C(C)C(=C)C[C@@H](O)[C@@H](C)[C@H]1CC[C@H]2[C@@H]3C[C@@H](OC)[C@]45C[C@H]4CC[C@]5(C)[C@H]3CC[C@]12C. The quantitative estimate of drug-likeness (QED) is 0.474. The Balaban J connectivity index is 1.38. The highest BCUT2D eigenvalue weighted by Gasteiger charge is 2.77. The zero-order valence-corrected chi connectivity index (χ0v) is 20.8. The van der Waals surface area contributed by atoms with Crippen LogP contribution in [0, 0.1) is 51.8 Å². The van der Waals surface area contributed by atoms with Crippen molar-refractivity contribution in [2.24, 2.45) is 51.8 Å². The van der Waals surface area contributed by atoms with E-state index in [1.807, 2.05) is 14.0 Å². The Morgan fingerprint density at radius 2 is 1.84 bits per heavy atom. The lowest BCUT2D eigenvalue weighted by Crippen LogP contribution is -2.57. The molecule has 11 atom stereocenters. The second kappa shape index (κ2) is 7.20. The standard InChI is InChI=1S/C29H46O2/c1-17(2)18(3)14-25(30)19(4)22-8-9-23-21-15-26(31-7)29-16-20(29)10-13-28(29,6)24(21)11-12-27(22,23)5/h19-26,30H,1,3,8-16H2,2,4-7H3/t19-,20+,21-,22+,23-,24-,25+,26+,27+,28+,29-/m0/s1. The van der Waals surface area contributed by atoms with Crippen molar-refractivity contribution in [3.8, 4) is 0 Å². The van der Waals surface area contributed by atoms with Crippen LogP contribution in [0.3, 0.4) is 0 Å². The Morgan fingerprint density at radius 3 is 2.48 bits per heavy atom. The van der Waals surface area contributed by atoms with E-state index in [2.05, 4.69) is 33.9 Å². The molecule has 1 N–H and O–H groups in total. The maximum atomic E-state index is 11.1. The highest BCUT2D eigenvalue weighted by atomic mass is 16.5. The molecule has 0 aromatic rings. The highest BCUT2D eigenvalue weighted by Crippen LogP contribution is 2.82. The summed E-state index contributed by atoms with van der Waals surface area (Å²) in [5, 5.41) is 11.1. The molecule has 0 unspecified atom stereocenters. The summed E-state index contributed by atoms with van der Waals surface area (Å²) >= 11 is 0. The van der Waals surface area contributed by atoms with Crippen molar-refractivity contribution in [3.05, 3.63) is 24.3 Å². The van der Waals surface area contributed by atoms with Crippen molar-refractivity contribution >= 4 is 0 Å². The first kappa shape index (κ1) is 22.2. The van der Waals surface area contributed by atoms with Gasteiger partial charge in [0.05, 0.1) is 12.2 Å². The molecule has 0 bridgehead atoms. The lowest BCUT2D eigenvalue weighted by atomic mass is 9.45. The van der Waals surface area contributed by atoms with Gasteiger partial charge in [-0.05, 0) is 111 Å². The van der Waals surface area contributed by atoms with Crippen LogP contribution >= 0.6 is 0 Å². The molecule has 2 nitrogen and oxygen atoms in total. The third-order valence-electron chi connectivity index (χ3n) is 12.2. The smallest absolute Gasteiger partial charge is 0.0638 e. The topological polar surface area (TPSA) is 29.5 Å². The van der Waals surface area contributed by atoms with E-state index in [-0.39, 0.29) is 6.10 Å². The number of aliphatic hydroxyl groups is 1. The van der Waals surface area contributed by atoms with Crippen molar-refractivity contribution in [2.45, 2.75) is 97.7 Å². The van der Waals surface area contributed by atoms with E-state index >= 15 is 0 Å². The molecule has 5 fully saturated rings. The molecule has 0 aromatic carbocycles. The first-order valence-corrected chi connectivity index (χ1v) is 13.1. The van der Waals surface area contributed by atoms with Gasteiger partial charge in [-0.25, -0.2) is 0 Å². The van der Waals surface area contributed by atoms with Crippen molar-refractivity contribution in [1.82, 2.24) is 0 Å². The summed E-state index contributed by atoms with van der Waals surface area (Å²) in [6.07, 6.45) is 11.9. The third kappa shape index (κ3) is 2.82. The lowest BCUT2D eigenvalue weighted by Gasteiger charge is -2.61. The van der Waals surface area contributed by atoms with Gasteiger partial charge in [0.1, 0.15) is 0 Å². The number of hydrogen-bond acceptors (Lipinski definition) is 2. The van der Waals surface area contributed by atoms with E-state index in [9.17, 15) is 5.11 Å². The van der Waals surface area contributed by atoms with Crippen LogP contribution in [0.25, 0.3) is 0 Å². The lowest BCUT2D eigenvalue weighted by molar-refractivity contribution is -0.162. The van der Waals surface area contributed by atoms with Gasteiger partial charge in [-0.15, -0.1) is 0 Å². The van der Waals surface area contributed by atoms with Gasteiger partial charge < -0.3 is 9.84 Å². The van der Waals surface area contributed by atoms with Crippen LogP contribution < -0.4 is 0 Å². The molecular weight excluding hydrogens is 380 g/mol. The van der Waals surface area contributed by atoms with E-state index in [1.165, 1.54) is 51.4 Å². The van der Waals surface area contributed by atoms with Gasteiger partial charge in [0, 0.05) is 12.5 Å². The molecule has 0 saturated heterocycles. The predicted molar refractivity (Wildman–Crippen MR) is 128 cm³/mol. The van der Waals surface area contributed by atoms with Gasteiger partial charge in [-0.1, -0.05) is 45.1 Å². The molecule has 31 heavy (non-hydrogen) atoms. The van der Waals surface area contributed by atoms with E-state index in [1.54, 1.807) is 0 Å². The summed E-state index contributed by atoms with van der Waals surface area (Å²) in [5.74, 6) is 4.41. The zero-order chi connectivity index (χ0) is 22.3. The average molecular weight is 427 g/mol. The molecule has 0 amide bonds. The fourth-order valence-corrected chi connectivity index (χ4v) is 10.4. The second-order valence-electron chi connectivity index (χ2n) is 13.0. The molecule has 5 aliphatic carbocycles. The molecular formula is C29H46O2. The number of ether oxygens (including phenoxy) is 1. The fraction of sp³-hybridized carbons (Fsp3) is 0.862. The van der Waals surface area contributed by atoms with Crippen LogP contribution in [0.15, 0.2) is 24.3 Å². The van der Waals surface area contributed by atoms with Gasteiger partial charge in [0.25, 0.3) is 0 Å². The van der Waals surface area contributed by atoms with Crippen LogP contribution in [-0.4, -0.2) is 24.4 Å². The molecule has 2 heteroatoms. The summed E-state index contributed by atoms with van der Waals surface area (Å²) < 4.78 is 6.27. The molecule has 1 spiro atoms. The highest BCUT2D eigenvalue weighted by molar-refractivity contribution is 5.26. The first-order valence-electron chi connectivity index (χ1n) is 13.1. The van der Waals surface area contributed by atoms with Gasteiger partial charge in [-0.2, -0.15) is 0 Å². The van der Waals surface area contributed by atoms with Crippen molar-refractivity contribution < 1.29 is 9.84 Å². The Kier molecular flexibility index (Phi) is 5.16. The van der Waals surface area contributed by atoms with Crippen LogP contribution in [-0.2, 0) is 4.74 Å². The summed E-state index contributed by atoms with van der Waals surface area (Å²) in [4.78, 5) is 0. The maximum Gasteiger partial charge on any atom is 0.0638 e. The molecule has 0 radical (unpaired) electrons. The second-order valence-corrected chi connectivity index (χ2v) is 13.0. The number of methoxy groups -OCH3 is 1. The van der Waals surface area contributed by atoms with Crippen LogP contribution in [0.4, 0.5) is 0 Å². The monoisotopic (exact) mass is 426 g/mol. The molecule has 0 aliphatic heterocycles. The summed E-state index contributed by atoms with van der Waals surface area (Å²) in [5.41, 5.74) is 3.41. The number of hydrogen-bond donors (Lipinski definition) is 1. The van der Waals surface area contributed by atoms with E-state index < -0.39 is 0 Å². The van der Waals surface area contributed by atoms with Crippen LogP contribution in [0.5, 0.6) is 0 Å². The van der Waals surface area contributed by atoms with Crippen molar-refractivity contribution in [2.75, 3.05) is 7.11 Å². The number of fused-ring (bicyclic) bond motifs is 4. The van der Waals surface area contributed by atoms with Gasteiger partial charge in [0.15, 0.2) is 0 Å². The first-order chi connectivity index (χ1) is 14.6. The molecule has 0 heterocycles. The third-order valence-corrected chi connectivity index (χ3v) is 12.2. The Morgan fingerprint density at radius 1 is 1.10 bits per heavy atom. The summed E-state index contributed by atoms with van der Waals surface area (Å²) in [7, 11) is 1.99. The maximum absolute atomic E-state index is 11.1. The molecule has 0 aromatic heterocycles. The van der Waals surface area contributed by atoms with Gasteiger partial charge in [-0.3, -0.25) is 0 Å². The Labute approximate surface area is 190 Å². The predicted octanol–water partition coefficient (Wildman–Crippen LogP) is 6.79. The van der Waals surface area contributed by atoms with E-state index in [0.29, 0.717) is 40.6 Å². The minimum Gasteiger partial charge on any atom is -0.392 e.